The summed E-state index contributed by atoms with van der Waals surface area (Å²) in [5.41, 5.74) is 2.66. The number of sulfonamides is 1. The maximum absolute atomic E-state index is 11.7. The Morgan fingerprint density at radius 3 is 2.00 bits per heavy atom. The SMILES string of the molecule is [C-]#[N+]c1ccc(-c2ccc(OC(C)CNS(=O)(=O)C(C)C)cc2)cc1. The van der Waals surface area contributed by atoms with Gasteiger partial charge in [-0.15, -0.1) is 0 Å². The molecule has 1 atom stereocenters. The third-order valence-corrected chi connectivity index (χ3v) is 5.52. The largest absolute Gasteiger partial charge is 0.489 e. The van der Waals surface area contributed by atoms with Crippen molar-refractivity contribution in [1.82, 2.24) is 4.72 Å². The van der Waals surface area contributed by atoms with Crippen molar-refractivity contribution in [3.8, 4) is 16.9 Å². The zero-order chi connectivity index (χ0) is 18.4. The van der Waals surface area contributed by atoms with E-state index in [1.165, 1.54) is 0 Å². The van der Waals surface area contributed by atoms with Gasteiger partial charge in [-0.2, -0.15) is 0 Å². The van der Waals surface area contributed by atoms with Crippen LogP contribution in [0.25, 0.3) is 16.0 Å². The second-order valence-corrected chi connectivity index (χ2v) is 8.38. The molecule has 1 N–H and O–H groups in total. The van der Waals surface area contributed by atoms with Crippen LogP contribution in [-0.4, -0.2) is 26.3 Å². The molecule has 2 rings (SSSR count). The van der Waals surface area contributed by atoms with E-state index in [-0.39, 0.29) is 12.6 Å². The van der Waals surface area contributed by atoms with Gasteiger partial charge in [0.2, 0.25) is 10.0 Å². The number of nitrogens with one attached hydrogen (secondary N) is 1. The lowest BCUT2D eigenvalue weighted by Gasteiger charge is -2.17. The minimum absolute atomic E-state index is 0.223. The highest BCUT2D eigenvalue weighted by atomic mass is 32.2. The van der Waals surface area contributed by atoms with Gasteiger partial charge in [-0.25, -0.2) is 18.0 Å². The van der Waals surface area contributed by atoms with Gasteiger partial charge in [0, 0.05) is 6.54 Å². The van der Waals surface area contributed by atoms with Gasteiger partial charge >= 0.3 is 0 Å². The molecular weight excluding hydrogens is 336 g/mol. The first-order chi connectivity index (χ1) is 11.8. The number of hydrogen-bond donors (Lipinski definition) is 1. The molecule has 0 bridgehead atoms. The molecule has 0 saturated heterocycles. The third kappa shape index (κ3) is 5.31. The molecule has 0 radical (unpaired) electrons. The van der Waals surface area contributed by atoms with Crippen molar-refractivity contribution in [1.29, 1.82) is 0 Å². The first-order valence-corrected chi connectivity index (χ1v) is 9.59. The molecule has 0 aliphatic carbocycles. The van der Waals surface area contributed by atoms with Crippen LogP contribution in [0.1, 0.15) is 20.8 Å². The Hall–Kier alpha value is -2.36. The van der Waals surface area contributed by atoms with Gasteiger partial charge in [0.05, 0.1) is 11.8 Å². The summed E-state index contributed by atoms with van der Waals surface area (Å²) in [7, 11) is -3.29. The van der Waals surface area contributed by atoms with E-state index < -0.39 is 15.3 Å². The Balaban J connectivity index is 1.96. The smallest absolute Gasteiger partial charge is 0.214 e. The van der Waals surface area contributed by atoms with E-state index in [0.717, 1.165) is 11.1 Å². The average Bonchev–Trinajstić information content (AvgIpc) is 2.61. The summed E-state index contributed by atoms with van der Waals surface area (Å²) in [4.78, 5) is 3.38. The van der Waals surface area contributed by atoms with Crippen molar-refractivity contribution >= 4 is 15.7 Å². The van der Waals surface area contributed by atoms with Crippen LogP contribution in [0.4, 0.5) is 5.69 Å². The molecule has 2 aromatic rings. The van der Waals surface area contributed by atoms with Crippen LogP contribution in [0.2, 0.25) is 0 Å². The Morgan fingerprint density at radius 2 is 1.52 bits per heavy atom. The number of nitrogens with zero attached hydrogens (tertiary/aromatic N) is 1. The highest BCUT2D eigenvalue weighted by molar-refractivity contribution is 7.90. The molecule has 0 aliphatic heterocycles. The Labute approximate surface area is 149 Å². The van der Waals surface area contributed by atoms with E-state index in [2.05, 4.69) is 9.57 Å². The monoisotopic (exact) mass is 358 g/mol. The van der Waals surface area contributed by atoms with Crippen molar-refractivity contribution in [3.63, 3.8) is 0 Å². The minimum Gasteiger partial charge on any atom is -0.489 e. The lowest BCUT2D eigenvalue weighted by Crippen LogP contribution is -2.37. The molecular formula is C19H22N2O3S. The van der Waals surface area contributed by atoms with Gasteiger partial charge in [-0.1, -0.05) is 36.4 Å². The van der Waals surface area contributed by atoms with Gasteiger partial charge in [0.25, 0.3) is 0 Å². The van der Waals surface area contributed by atoms with E-state index in [9.17, 15) is 8.42 Å². The molecule has 0 fully saturated rings. The number of ether oxygens (including phenoxy) is 1. The Bertz CT molecular complexity index is 836. The zero-order valence-corrected chi connectivity index (χ0v) is 15.4. The van der Waals surface area contributed by atoms with E-state index >= 15 is 0 Å². The number of benzene rings is 2. The van der Waals surface area contributed by atoms with E-state index in [1.54, 1.807) is 26.0 Å². The molecule has 0 saturated carbocycles. The fraction of sp³-hybridized carbons (Fsp3) is 0.316. The lowest BCUT2D eigenvalue weighted by atomic mass is 10.1. The van der Waals surface area contributed by atoms with Gasteiger partial charge in [0.15, 0.2) is 5.69 Å². The molecule has 2 aromatic carbocycles. The van der Waals surface area contributed by atoms with Crippen LogP contribution >= 0.6 is 0 Å². The second kappa shape index (κ2) is 8.15. The predicted octanol–water partition coefficient (Wildman–Crippen LogP) is 4.00. The van der Waals surface area contributed by atoms with Gasteiger partial charge in [-0.3, -0.25) is 0 Å². The Kier molecular flexibility index (Phi) is 6.18. The normalized spacial score (nSPS) is 12.6. The van der Waals surface area contributed by atoms with Crippen LogP contribution in [0.5, 0.6) is 5.75 Å². The molecule has 0 aromatic heterocycles. The second-order valence-electron chi connectivity index (χ2n) is 6.05. The first-order valence-electron chi connectivity index (χ1n) is 8.05. The maximum Gasteiger partial charge on any atom is 0.214 e. The van der Waals surface area contributed by atoms with Crippen molar-refractivity contribution < 1.29 is 13.2 Å². The zero-order valence-electron chi connectivity index (χ0n) is 14.6. The quantitative estimate of drug-likeness (QED) is 0.761. The van der Waals surface area contributed by atoms with Crippen LogP contribution in [-0.2, 0) is 10.0 Å². The molecule has 0 spiro atoms. The van der Waals surface area contributed by atoms with Crippen molar-refractivity contribution in [3.05, 3.63) is 59.9 Å². The van der Waals surface area contributed by atoms with Crippen LogP contribution in [0.15, 0.2) is 48.5 Å². The van der Waals surface area contributed by atoms with Crippen molar-refractivity contribution in [2.24, 2.45) is 0 Å². The molecule has 1 unspecified atom stereocenters. The number of hydrogen-bond acceptors (Lipinski definition) is 3. The topological polar surface area (TPSA) is 59.8 Å². The highest BCUT2D eigenvalue weighted by Gasteiger charge is 2.16. The molecule has 0 aliphatic rings. The van der Waals surface area contributed by atoms with Gasteiger partial charge < -0.3 is 4.74 Å². The summed E-state index contributed by atoms with van der Waals surface area (Å²) in [6.07, 6.45) is -0.280. The maximum atomic E-state index is 11.7. The van der Waals surface area contributed by atoms with Crippen LogP contribution in [0, 0.1) is 6.57 Å². The van der Waals surface area contributed by atoms with E-state index in [1.807, 2.05) is 43.3 Å². The van der Waals surface area contributed by atoms with Crippen molar-refractivity contribution in [2.75, 3.05) is 6.54 Å². The molecule has 132 valence electrons. The predicted molar refractivity (Wildman–Crippen MR) is 100 cm³/mol. The summed E-state index contributed by atoms with van der Waals surface area (Å²) in [6.45, 7) is 12.3. The third-order valence-electron chi connectivity index (χ3n) is 3.71. The minimum atomic E-state index is -3.29. The van der Waals surface area contributed by atoms with E-state index in [0.29, 0.717) is 11.4 Å². The average molecular weight is 358 g/mol. The highest BCUT2D eigenvalue weighted by Crippen LogP contribution is 2.25. The summed E-state index contributed by atoms with van der Waals surface area (Å²) < 4.78 is 31.8. The standard InChI is InChI=1S/C19H22N2O3S/c1-14(2)25(22,23)21-13-15(3)24-19-11-7-17(8-12-19)16-5-9-18(20-4)10-6-16/h5-12,14-15,21H,13H2,1-3H3. The fourth-order valence-electron chi connectivity index (χ4n) is 2.13. The van der Waals surface area contributed by atoms with Gasteiger partial charge in [0.1, 0.15) is 11.9 Å². The summed E-state index contributed by atoms with van der Waals surface area (Å²) in [5, 5.41) is -0.465. The van der Waals surface area contributed by atoms with Crippen LogP contribution < -0.4 is 9.46 Å². The van der Waals surface area contributed by atoms with Gasteiger partial charge in [-0.05, 0) is 44.0 Å². The molecule has 5 nitrogen and oxygen atoms in total. The molecule has 25 heavy (non-hydrogen) atoms. The summed E-state index contributed by atoms with van der Waals surface area (Å²) in [6, 6.07) is 15.0. The number of rotatable bonds is 7. The van der Waals surface area contributed by atoms with Crippen molar-refractivity contribution in [2.45, 2.75) is 32.1 Å². The Morgan fingerprint density at radius 1 is 1.00 bits per heavy atom. The molecule has 0 heterocycles. The first kappa shape index (κ1) is 19.0. The summed E-state index contributed by atoms with van der Waals surface area (Å²) in [5.74, 6) is 0.678. The molecule has 6 heteroatoms. The van der Waals surface area contributed by atoms with E-state index in [4.69, 9.17) is 11.3 Å². The lowest BCUT2D eigenvalue weighted by molar-refractivity contribution is 0.225. The molecule has 0 amide bonds. The summed E-state index contributed by atoms with van der Waals surface area (Å²) >= 11 is 0. The van der Waals surface area contributed by atoms with Crippen LogP contribution in [0.3, 0.4) is 0 Å². The fourth-order valence-corrected chi connectivity index (χ4v) is 2.93.